The first-order valence-electron chi connectivity index (χ1n) is 5.99. The summed E-state index contributed by atoms with van der Waals surface area (Å²) in [5.41, 5.74) is 1.34. The molecule has 0 unspecified atom stereocenters. The third-order valence-electron chi connectivity index (χ3n) is 3.78. The quantitative estimate of drug-likeness (QED) is 0.502. The molecular formula is C16H10Br2. The Bertz CT molecular complexity index is 815. The largest absolute Gasteiger partial charge is 0.109 e. The maximum absolute atomic E-state index is 3.80. The SMILES string of the molecule is BrC1(Br)CC=c2ccc3cccc4ccc1c2c43. The molecule has 3 aromatic rings. The van der Waals surface area contributed by atoms with Gasteiger partial charge in [-0.15, -0.1) is 0 Å². The van der Waals surface area contributed by atoms with E-state index in [4.69, 9.17) is 0 Å². The van der Waals surface area contributed by atoms with E-state index in [1.807, 2.05) is 0 Å². The summed E-state index contributed by atoms with van der Waals surface area (Å²) >= 11 is 7.60. The van der Waals surface area contributed by atoms with Gasteiger partial charge in [0.15, 0.2) is 0 Å². The summed E-state index contributed by atoms with van der Waals surface area (Å²) in [6.45, 7) is 0. The summed E-state index contributed by atoms with van der Waals surface area (Å²) in [7, 11) is 0. The van der Waals surface area contributed by atoms with Gasteiger partial charge in [0.05, 0.1) is 0 Å². The zero-order chi connectivity index (χ0) is 12.3. The Balaban J connectivity index is 2.37. The zero-order valence-electron chi connectivity index (χ0n) is 9.58. The maximum Gasteiger partial charge on any atom is 0.109 e. The van der Waals surface area contributed by atoms with Gasteiger partial charge in [0, 0.05) is 0 Å². The van der Waals surface area contributed by atoms with Crippen molar-refractivity contribution in [1.82, 2.24) is 0 Å². The first kappa shape index (κ1) is 11.0. The first-order chi connectivity index (χ1) is 8.67. The van der Waals surface area contributed by atoms with Crippen LogP contribution in [0.25, 0.3) is 27.6 Å². The monoisotopic (exact) mass is 360 g/mol. The van der Waals surface area contributed by atoms with Crippen molar-refractivity contribution in [3.05, 3.63) is 53.2 Å². The van der Waals surface area contributed by atoms with E-state index in [1.54, 1.807) is 0 Å². The third-order valence-corrected chi connectivity index (χ3v) is 5.28. The lowest BCUT2D eigenvalue weighted by Gasteiger charge is -2.26. The van der Waals surface area contributed by atoms with E-state index in [2.05, 4.69) is 80.4 Å². The summed E-state index contributed by atoms with van der Waals surface area (Å²) in [6.07, 6.45) is 3.27. The Labute approximate surface area is 122 Å². The lowest BCUT2D eigenvalue weighted by atomic mass is 9.90. The van der Waals surface area contributed by atoms with Gasteiger partial charge in [0.25, 0.3) is 0 Å². The molecular weight excluding hydrogens is 352 g/mol. The van der Waals surface area contributed by atoms with Crippen LogP contribution < -0.4 is 5.22 Å². The Morgan fingerprint density at radius 2 is 1.56 bits per heavy atom. The van der Waals surface area contributed by atoms with Crippen LogP contribution in [0.3, 0.4) is 0 Å². The molecule has 0 atom stereocenters. The number of hydrogen-bond acceptors (Lipinski definition) is 0. The second-order valence-corrected chi connectivity index (χ2v) is 8.61. The van der Waals surface area contributed by atoms with E-state index >= 15 is 0 Å². The molecule has 18 heavy (non-hydrogen) atoms. The van der Waals surface area contributed by atoms with Crippen LogP contribution in [-0.4, -0.2) is 0 Å². The Kier molecular flexibility index (Phi) is 2.19. The Hall–Kier alpha value is -0.860. The smallest absolute Gasteiger partial charge is 0.0740 e. The molecule has 0 saturated heterocycles. The summed E-state index contributed by atoms with van der Waals surface area (Å²) in [4.78, 5) is 0. The van der Waals surface area contributed by atoms with Gasteiger partial charge in [-0.1, -0.05) is 80.4 Å². The van der Waals surface area contributed by atoms with Gasteiger partial charge in [0.1, 0.15) is 3.23 Å². The van der Waals surface area contributed by atoms with E-state index in [0.29, 0.717) is 0 Å². The summed E-state index contributed by atoms with van der Waals surface area (Å²) in [5.74, 6) is 0. The van der Waals surface area contributed by atoms with Crippen molar-refractivity contribution in [2.45, 2.75) is 9.65 Å². The normalized spacial score (nSPS) is 17.0. The van der Waals surface area contributed by atoms with Crippen molar-refractivity contribution in [3.8, 4) is 0 Å². The average Bonchev–Trinajstić information content (AvgIpc) is 2.38. The Morgan fingerprint density at radius 1 is 0.833 bits per heavy atom. The molecule has 0 fully saturated rings. The van der Waals surface area contributed by atoms with Crippen LogP contribution >= 0.6 is 31.9 Å². The molecule has 0 aromatic heterocycles. The van der Waals surface area contributed by atoms with Crippen LogP contribution in [0.2, 0.25) is 0 Å². The zero-order valence-corrected chi connectivity index (χ0v) is 12.8. The molecule has 0 saturated carbocycles. The molecule has 0 N–H and O–H groups in total. The fraction of sp³-hybridized carbons (Fsp3) is 0.125. The van der Waals surface area contributed by atoms with Crippen LogP contribution in [0.1, 0.15) is 12.0 Å². The van der Waals surface area contributed by atoms with Gasteiger partial charge in [-0.25, -0.2) is 0 Å². The van der Waals surface area contributed by atoms with Crippen LogP contribution in [-0.2, 0) is 3.23 Å². The van der Waals surface area contributed by atoms with Gasteiger partial charge in [-0.05, 0) is 38.7 Å². The molecule has 0 radical (unpaired) electrons. The minimum absolute atomic E-state index is 0.120. The summed E-state index contributed by atoms with van der Waals surface area (Å²) in [5, 5.41) is 6.75. The van der Waals surface area contributed by atoms with Gasteiger partial charge in [-0.3, -0.25) is 0 Å². The summed E-state index contributed by atoms with van der Waals surface area (Å²) in [6, 6.07) is 15.4. The minimum Gasteiger partial charge on any atom is -0.0740 e. The number of rotatable bonds is 0. The highest BCUT2D eigenvalue weighted by Gasteiger charge is 2.29. The third kappa shape index (κ3) is 1.36. The standard InChI is InChI=1S/C16H10Br2/c17-16(18)9-8-12-5-4-10-2-1-3-11-6-7-13(16)15(12)14(10)11/h1-8H,9H2. The molecule has 1 aliphatic carbocycles. The average molecular weight is 362 g/mol. The molecule has 2 heteroatoms. The van der Waals surface area contributed by atoms with E-state index in [1.165, 1.54) is 32.3 Å². The predicted octanol–water partition coefficient (Wildman–Crippen LogP) is 4.84. The van der Waals surface area contributed by atoms with Gasteiger partial charge < -0.3 is 0 Å². The molecule has 4 rings (SSSR count). The molecule has 3 aromatic carbocycles. The lowest BCUT2D eigenvalue weighted by Crippen LogP contribution is -2.19. The van der Waals surface area contributed by atoms with Gasteiger partial charge in [-0.2, -0.15) is 0 Å². The van der Waals surface area contributed by atoms with E-state index < -0.39 is 0 Å². The maximum atomic E-state index is 3.80. The van der Waals surface area contributed by atoms with Crippen molar-refractivity contribution in [3.63, 3.8) is 0 Å². The van der Waals surface area contributed by atoms with Crippen LogP contribution in [0, 0.1) is 0 Å². The fourth-order valence-corrected chi connectivity index (χ4v) is 3.92. The second-order valence-electron chi connectivity index (χ2n) is 4.83. The van der Waals surface area contributed by atoms with Crippen molar-refractivity contribution in [2.75, 3.05) is 0 Å². The summed E-state index contributed by atoms with van der Waals surface area (Å²) < 4.78 is -0.120. The molecule has 0 spiro atoms. The molecule has 0 heterocycles. The number of benzene rings is 3. The highest BCUT2D eigenvalue weighted by Crippen LogP contribution is 2.46. The van der Waals surface area contributed by atoms with E-state index in [9.17, 15) is 0 Å². The number of hydrogen-bond donors (Lipinski definition) is 0. The van der Waals surface area contributed by atoms with Crippen molar-refractivity contribution < 1.29 is 0 Å². The van der Waals surface area contributed by atoms with Crippen molar-refractivity contribution >= 4 is 59.5 Å². The molecule has 0 aliphatic heterocycles. The van der Waals surface area contributed by atoms with Gasteiger partial charge in [0.2, 0.25) is 0 Å². The van der Waals surface area contributed by atoms with Crippen LogP contribution in [0.15, 0.2) is 42.5 Å². The van der Waals surface area contributed by atoms with Crippen molar-refractivity contribution in [1.29, 1.82) is 0 Å². The highest BCUT2D eigenvalue weighted by molar-refractivity contribution is 9.24. The molecule has 88 valence electrons. The topological polar surface area (TPSA) is 0 Å². The molecule has 1 aliphatic rings. The molecule has 0 bridgehead atoms. The minimum atomic E-state index is -0.120. The van der Waals surface area contributed by atoms with Gasteiger partial charge >= 0.3 is 0 Å². The fourth-order valence-electron chi connectivity index (χ4n) is 2.93. The number of halogens is 2. The van der Waals surface area contributed by atoms with E-state index in [-0.39, 0.29) is 3.23 Å². The van der Waals surface area contributed by atoms with E-state index in [0.717, 1.165) is 6.42 Å². The Morgan fingerprint density at radius 3 is 2.33 bits per heavy atom. The lowest BCUT2D eigenvalue weighted by molar-refractivity contribution is 0.966. The molecule has 0 nitrogen and oxygen atoms in total. The first-order valence-corrected chi connectivity index (χ1v) is 7.58. The highest BCUT2D eigenvalue weighted by atomic mass is 79.9. The molecule has 0 amide bonds. The van der Waals surface area contributed by atoms with Crippen molar-refractivity contribution in [2.24, 2.45) is 0 Å². The van der Waals surface area contributed by atoms with Crippen LogP contribution in [0.5, 0.6) is 0 Å². The second kappa shape index (κ2) is 3.58. The number of alkyl halides is 2. The van der Waals surface area contributed by atoms with Crippen LogP contribution in [0.4, 0.5) is 0 Å². The predicted molar refractivity (Wildman–Crippen MR) is 85.3 cm³/mol.